The van der Waals surface area contributed by atoms with Gasteiger partial charge in [-0.1, -0.05) is 18.2 Å². The van der Waals surface area contributed by atoms with Crippen LogP contribution in [0.2, 0.25) is 0 Å². The maximum Gasteiger partial charge on any atom is 0.0248 e. The van der Waals surface area contributed by atoms with Crippen LogP contribution >= 0.6 is 11.8 Å². The van der Waals surface area contributed by atoms with E-state index >= 15 is 0 Å². The molecule has 0 bridgehead atoms. The van der Waals surface area contributed by atoms with Crippen molar-refractivity contribution in [1.82, 2.24) is 10.2 Å². The van der Waals surface area contributed by atoms with Crippen LogP contribution in [-0.2, 0) is 0 Å². The van der Waals surface area contributed by atoms with Gasteiger partial charge in [0.2, 0.25) is 0 Å². The van der Waals surface area contributed by atoms with Crippen molar-refractivity contribution >= 4 is 11.8 Å². The molecule has 1 aliphatic heterocycles. The van der Waals surface area contributed by atoms with Gasteiger partial charge in [-0.15, -0.1) is 11.8 Å². The van der Waals surface area contributed by atoms with E-state index in [9.17, 15) is 0 Å². The summed E-state index contributed by atoms with van der Waals surface area (Å²) in [5.41, 5.74) is 0.280. The fourth-order valence-electron chi connectivity index (χ4n) is 2.14. The molecule has 0 aromatic heterocycles. The Labute approximate surface area is 109 Å². The van der Waals surface area contributed by atoms with Gasteiger partial charge in [-0.3, -0.25) is 4.90 Å². The summed E-state index contributed by atoms with van der Waals surface area (Å²) >= 11 is 1.96. The summed E-state index contributed by atoms with van der Waals surface area (Å²) in [6, 6.07) is 10.7. The number of piperazine rings is 1. The second kappa shape index (κ2) is 5.89. The van der Waals surface area contributed by atoms with Gasteiger partial charge in [-0.2, -0.15) is 0 Å². The fourth-order valence-corrected chi connectivity index (χ4v) is 3.19. The SMILES string of the molecule is CC(C)(CSc1ccccc1)N1CCNCC1. The van der Waals surface area contributed by atoms with Crippen LogP contribution in [0.3, 0.4) is 0 Å². The Morgan fingerprint density at radius 1 is 1.18 bits per heavy atom. The van der Waals surface area contributed by atoms with E-state index in [1.807, 2.05) is 11.8 Å². The second-order valence-corrected chi connectivity index (χ2v) is 6.20. The van der Waals surface area contributed by atoms with Crippen LogP contribution in [0, 0.1) is 0 Å². The highest BCUT2D eigenvalue weighted by Crippen LogP contribution is 2.26. The zero-order valence-corrected chi connectivity index (χ0v) is 11.6. The quantitative estimate of drug-likeness (QED) is 0.827. The molecular weight excluding hydrogens is 228 g/mol. The summed E-state index contributed by atoms with van der Waals surface area (Å²) in [5.74, 6) is 1.15. The first kappa shape index (κ1) is 12.9. The molecule has 1 aromatic rings. The van der Waals surface area contributed by atoms with Gasteiger partial charge in [-0.25, -0.2) is 0 Å². The number of nitrogens with zero attached hydrogens (tertiary/aromatic N) is 1. The molecule has 2 rings (SSSR count). The third kappa shape index (κ3) is 3.73. The van der Waals surface area contributed by atoms with Crippen molar-refractivity contribution in [2.75, 3.05) is 31.9 Å². The average Bonchev–Trinajstić information content (AvgIpc) is 2.39. The predicted molar refractivity (Wildman–Crippen MR) is 75.7 cm³/mol. The molecule has 0 unspecified atom stereocenters. The van der Waals surface area contributed by atoms with E-state index in [4.69, 9.17) is 0 Å². The summed E-state index contributed by atoms with van der Waals surface area (Å²) < 4.78 is 0. The van der Waals surface area contributed by atoms with Crippen molar-refractivity contribution in [1.29, 1.82) is 0 Å². The molecule has 17 heavy (non-hydrogen) atoms. The first-order chi connectivity index (χ1) is 8.18. The number of nitrogens with one attached hydrogen (secondary N) is 1. The lowest BCUT2D eigenvalue weighted by molar-refractivity contribution is 0.123. The van der Waals surface area contributed by atoms with Crippen LogP contribution in [0.25, 0.3) is 0 Å². The molecular formula is C14H22N2S. The van der Waals surface area contributed by atoms with E-state index < -0.39 is 0 Å². The third-order valence-corrected chi connectivity index (χ3v) is 4.76. The molecule has 3 heteroatoms. The maximum absolute atomic E-state index is 3.41. The molecule has 1 N–H and O–H groups in total. The summed E-state index contributed by atoms with van der Waals surface area (Å²) in [6.07, 6.45) is 0. The van der Waals surface area contributed by atoms with Gasteiger partial charge in [0.15, 0.2) is 0 Å². The molecule has 0 radical (unpaired) electrons. The fraction of sp³-hybridized carbons (Fsp3) is 0.571. The molecule has 2 nitrogen and oxygen atoms in total. The number of benzene rings is 1. The second-order valence-electron chi connectivity index (χ2n) is 5.15. The lowest BCUT2D eigenvalue weighted by Crippen LogP contribution is -2.54. The third-order valence-electron chi connectivity index (χ3n) is 3.31. The van der Waals surface area contributed by atoms with Gasteiger partial charge in [0.25, 0.3) is 0 Å². The molecule has 1 aliphatic rings. The molecule has 94 valence electrons. The lowest BCUT2D eigenvalue weighted by atomic mass is 10.1. The Hall–Kier alpha value is -0.510. The van der Waals surface area contributed by atoms with Crippen LogP contribution in [0.15, 0.2) is 35.2 Å². The minimum atomic E-state index is 0.280. The van der Waals surface area contributed by atoms with E-state index in [1.54, 1.807) is 0 Å². The summed E-state index contributed by atoms with van der Waals surface area (Å²) in [4.78, 5) is 3.97. The number of rotatable bonds is 4. The Morgan fingerprint density at radius 3 is 2.47 bits per heavy atom. The van der Waals surface area contributed by atoms with Crippen molar-refractivity contribution in [3.63, 3.8) is 0 Å². The van der Waals surface area contributed by atoms with Crippen molar-refractivity contribution in [3.8, 4) is 0 Å². The van der Waals surface area contributed by atoms with Gasteiger partial charge in [0.1, 0.15) is 0 Å². The Bertz CT molecular complexity index is 331. The zero-order chi connectivity index (χ0) is 12.1. The molecule has 1 heterocycles. The van der Waals surface area contributed by atoms with Crippen molar-refractivity contribution in [2.24, 2.45) is 0 Å². The van der Waals surface area contributed by atoms with Crippen LogP contribution in [0.4, 0.5) is 0 Å². The topological polar surface area (TPSA) is 15.3 Å². The monoisotopic (exact) mass is 250 g/mol. The highest BCUT2D eigenvalue weighted by Gasteiger charge is 2.27. The van der Waals surface area contributed by atoms with E-state index in [0.29, 0.717) is 0 Å². The largest absolute Gasteiger partial charge is 0.314 e. The van der Waals surface area contributed by atoms with E-state index in [0.717, 1.165) is 18.8 Å². The van der Waals surface area contributed by atoms with Gasteiger partial charge in [0, 0.05) is 42.4 Å². The molecule has 0 atom stereocenters. The summed E-state index contributed by atoms with van der Waals surface area (Å²) in [6.45, 7) is 9.30. The van der Waals surface area contributed by atoms with Crippen LogP contribution in [0.1, 0.15) is 13.8 Å². The molecule has 1 aromatic carbocycles. The molecule has 0 aliphatic carbocycles. The molecule has 0 saturated carbocycles. The van der Waals surface area contributed by atoms with Gasteiger partial charge >= 0.3 is 0 Å². The number of hydrogen-bond acceptors (Lipinski definition) is 3. The minimum Gasteiger partial charge on any atom is -0.314 e. The normalized spacial score (nSPS) is 18.2. The van der Waals surface area contributed by atoms with Crippen molar-refractivity contribution < 1.29 is 0 Å². The summed E-state index contributed by atoms with van der Waals surface area (Å²) in [5, 5.41) is 3.41. The highest BCUT2D eigenvalue weighted by molar-refractivity contribution is 7.99. The molecule has 1 saturated heterocycles. The predicted octanol–water partition coefficient (Wildman–Crippen LogP) is 2.46. The standard InChI is InChI=1S/C14H22N2S/c1-14(2,16-10-8-15-9-11-16)12-17-13-6-4-3-5-7-13/h3-7,15H,8-12H2,1-2H3. The van der Waals surface area contributed by atoms with Crippen LogP contribution < -0.4 is 5.32 Å². The van der Waals surface area contributed by atoms with E-state index in [-0.39, 0.29) is 5.54 Å². The van der Waals surface area contributed by atoms with Gasteiger partial charge < -0.3 is 5.32 Å². The first-order valence-electron chi connectivity index (χ1n) is 6.32. The van der Waals surface area contributed by atoms with Crippen molar-refractivity contribution in [3.05, 3.63) is 30.3 Å². The zero-order valence-electron chi connectivity index (χ0n) is 10.8. The molecule has 1 fully saturated rings. The van der Waals surface area contributed by atoms with Gasteiger partial charge in [-0.05, 0) is 26.0 Å². The van der Waals surface area contributed by atoms with E-state index in [1.165, 1.54) is 18.0 Å². The Balaban J connectivity index is 1.88. The number of thioether (sulfide) groups is 1. The van der Waals surface area contributed by atoms with Gasteiger partial charge in [0.05, 0.1) is 0 Å². The Morgan fingerprint density at radius 2 is 1.82 bits per heavy atom. The molecule has 0 spiro atoms. The average molecular weight is 250 g/mol. The highest BCUT2D eigenvalue weighted by atomic mass is 32.2. The molecule has 0 amide bonds. The van der Waals surface area contributed by atoms with Crippen molar-refractivity contribution in [2.45, 2.75) is 24.3 Å². The van der Waals surface area contributed by atoms with Crippen LogP contribution in [-0.4, -0.2) is 42.4 Å². The van der Waals surface area contributed by atoms with E-state index in [2.05, 4.69) is 54.4 Å². The maximum atomic E-state index is 3.41. The van der Waals surface area contributed by atoms with Crippen LogP contribution in [0.5, 0.6) is 0 Å². The first-order valence-corrected chi connectivity index (χ1v) is 7.31. The summed E-state index contributed by atoms with van der Waals surface area (Å²) in [7, 11) is 0. The Kier molecular flexibility index (Phi) is 4.48. The smallest absolute Gasteiger partial charge is 0.0248 e. The lowest BCUT2D eigenvalue weighted by Gasteiger charge is -2.41. The number of hydrogen-bond donors (Lipinski definition) is 1. The minimum absolute atomic E-state index is 0.280.